The Morgan fingerprint density at radius 2 is 2.29 bits per heavy atom. The average Bonchev–Trinajstić information content (AvgIpc) is 2.78. The van der Waals surface area contributed by atoms with E-state index in [-0.39, 0.29) is 5.89 Å². The van der Waals surface area contributed by atoms with E-state index in [1.165, 1.54) is 19.4 Å². The van der Waals surface area contributed by atoms with Crippen molar-refractivity contribution in [2.45, 2.75) is 6.54 Å². The van der Waals surface area contributed by atoms with E-state index in [9.17, 15) is 4.39 Å². The van der Waals surface area contributed by atoms with Crippen molar-refractivity contribution < 1.29 is 13.5 Å². The minimum Gasteiger partial charge on any atom is -0.497 e. The second kappa shape index (κ2) is 4.97. The summed E-state index contributed by atoms with van der Waals surface area (Å²) in [6.07, 6.45) is 1.51. The van der Waals surface area contributed by atoms with Crippen molar-refractivity contribution in [3.8, 4) is 17.2 Å². The number of aromatic nitrogens is 1. The van der Waals surface area contributed by atoms with Crippen LogP contribution >= 0.6 is 0 Å². The molecular formula is C12H13FN2O2. The Morgan fingerprint density at radius 1 is 1.47 bits per heavy atom. The highest BCUT2D eigenvalue weighted by Crippen LogP contribution is 2.25. The summed E-state index contributed by atoms with van der Waals surface area (Å²) in [7, 11) is 3.30. The van der Waals surface area contributed by atoms with Crippen LogP contribution in [0.15, 0.2) is 28.9 Å². The maximum absolute atomic E-state index is 13.7. The first kappa shape index (κ1) is 11.6. The molecule has 2 rings (SSSR count). The van der Waals surface area contributed by atoms with E-state index in [2.05, 4.69) is 10.3 Å². The minimum atomic E-state index is -0.415. The Bertz CT molecular complexity index is 511. The maximum Gasteiger partial charge on any atom is 0.229 e. The molecule has 0 amide bonds. The number of halogens is 1. The van der Waals surface area contributed by atoms with Gasteiger partial charge in [-0.05, 0) is 19.2 Å². The predicted molar refractivity (Wildman–Crippen MR) is 61.2 cm³/mol. The highest BCUT2D eigenvalue weighted by molar-refractivity contribution is 5.55. The first-order chi connectivity index (χ1) is 8.24. The first-order valence-corrected chi connectivity index (χ1v) is 5.17. The van der Waals surface area contributed by atoms with Crippen LogP contribution in [0.4, 0.5) is 4.39 Å². The highest BCUT2D eigenvalue weighted by atomic mass is 19.1. The van der Waals surface area contributed by atoms with E-state index in [0.717, 1.165) is 5.69 Å². The van der Waals surface area contributed by atoms with Crippen molar-refractivity contribution in [1.29, 1.82) is 0 Å². The lowest BCUT2D eigenvalue weighted by atomic mass is 10.2. The van der Waals surface area contributed by atoms with Gasteiger partial charge in [0.2, 0.25) is 5.89 Å². The topological polar surface area (TPSA) is 47.3 Å². The molecule has 0 aliphatic carbocycles. The van der Waals surface area contributed by atoms with Gasteiger partial charge in [-0.1, -0.05) is 0 Å². The lowest BCUT2D eigenvalue weighted by molar-refractivity contribution is 0.411. The lowest BCUT2D eigenvalue weighted by Gasteiger charge is -2.02. The van der Waals surface area contributed by atoms with E-state index in [1.54, 1.807) is 12.1 Å². The standard InChI is InChI=1S/C12H13FN2O2/c1-14-6-8-7-17-12(15-8)10-4-3-9(16-2)5-11(10)13/h3-5,7,14H,6H2,1-2H3. The molecule has 0 aliphatic heterocycles. The molecule has 1 aromatic carbocycles. The molecule has 90 valence electrons. The van der Waals surface area contributed by atoms with Crippen molar-refractivity contribution in [2.75, 3.05) is 14.2 Å². The number of oxazole rings is 1. The number of rotatable bonds is 4. The van der Waals surface area contributed by atoms with Crippen LogP contribution in [0.2, 0.25) is 0 Å². The Balaban J connectivity index is 2.32. The van der Waals surface area contributed by atoms with Gasteiger partial charge < -0.3 is 14.5 Å². The number of nitrogens with zero attached hydrogens (tertiary/aromatic N) is 1. The van der Waals surface area contributed by atoms with Gasteiger partial charge >= 0.3 is 0 Å². The maximum atomic E-state index is 13.7. The molecule has 1 heterocycles. The third-order valence-electron chi connectivity index (χ3n) is 2.32. The molecule has 0 radical (unpaired) electrons. The Kier molecular flexibility index (Phi) is 3.39. The summed E-state index contributed by atoms with van der Waals surface area (Å²) in [4.78, 5) is 4.18. The van der Waals surface area contributed by atoms with Crippen molar-refractivity contribution in [3.05, 3.63) is 36.0 Å². The first-order valence-electron chi connectivity index (χ1n) is 5.17. The van der Waals surface area contributed by atoms with Crippen LogP contribution in [-0.4, -0.2) is 19.1 Å². The Morgan fingerprint density at radius 3 is 2.94 bits per heavy atom. The SMILES string of the molecule is CNCc1coc(-c2ccc(OC)cc2F)n1. The van der Waals surface area contributed by atoms with E-state index < -0.39 is 5.82 Å². The number of methoxy groups -OCH3 is 1. The Labute approximate surface area is 98.4 Å². The number of nitrogens with one attached hydrogen (secondary N) is 1. The second-order valence-corrected chi connectivity index (χ2v) is 3.52. The molecule has 0 bridgehead atoms. The van der Waals surface area contributed by atoms with Gasteiger partial charge in [-0.15, -0.1) is 0 Å². The Hall–Kier alpha value is -1.88. The molecular weight excluding hydrogens is 223 g/mol. The normalized spacial score (nSPS) is 10.5. The molecule has 0 unspecified atom stereocenters. The van der Waals surface area contributed by atoms with E-state index in [4.69, 9.17) is 9.15 Å². The molecule has 0 spiro atoms. The molecule has 0 saturated heterocycles. The predicted octanol–water partition coefficient (Wildman–Crippen LogP) is 2.21. The summed E-state index contributed by atoms with van der Waals surface area (Å²) >= 11 is 0. The van der Waals surface area contributed by atoms with Gasteiger partial charge in [-0.2, -0.15) is 0 Å². The van der Waals surface area contributed by atoms with E-state index in [1.807, 2.05) is 7.05 Å². The van der Waals surface area contributed by atoms with Crippen molar-refractivity contribution >= 4 is 0 Å². The quantitative estimate of drug-likeness (QED) is 0.884. The summed E-state index contributed by atoms with van der Waals surface area (Å²) in [5.74, 6) is 0.325. The van der Waals surface area contributed by atoms with E-state index in [0.29, 0.717) is 17.9 Å². The van der Waals surface area contributed by atoms with Gasteiger partial charge in [-0.25, -0.2) is 9.37 Å². The molecule has 4 nitrogen and oxygen atoms in total. The van der Waals surface area contributed by atoms with Gasteiger partial charge in [0.05, 0.1) is 18.4 Å². The zero-order valence-corrected chi connectivity index (χ0v) is 9.66. The van der Waals surface area contributed by atoms with Crippen molar-refractivity contribution in [1.82, 2.24) is 10.3 Å². The van der Waals surface area contributed by atoms with E-state index >= 15 is 0 Å². The lowest BCUT2D eigenvalue weighted by Crippen LogP contribution is -2.04. The molecule has 0 saturated carbocycles. The number of benzene rings is 1. The summed E-state index contributed by atoms with van der Waals surface area (Å²) < 4.78 is 23.9. The fourth-order valence-corrected chi connectivity index (χ4v) is 1.49. The third-order valence-corrected chi connectivity index (χ3v) is 2.32. The van der Waals surface area contributed by atoms with Crippen LogP contribution in [0, 0.1) is 5.82 Å². The van der Waals surface area contributed by atoms with Gasteiger partial charge in [0.25, 0.3) is 0 Å². The molecule has 0 fully saturated rings. The number of ether oxygens (including phenoxy) is 1. The molecule has 0 aliphatic rings. The van der Waals surface area contributed by atoms with Crippen LogP contribution < -0.4 is 10.1 Å². The summed E-state index contributed by atoms with van der Waals surface area (Å²) in [5.41, 5.74) is 1.06. The fraction of sp³-hybridized carbons (Fsp3) is 0.250. The van der Waals surface area contributed by atoms with Gasteiger partial charge in [0, 0.05) is 12.6 Å². The van der Waals surface area contributed by atoms with Crippen LogP contribution in [0.5, 0.6) is 5.75 Å². The second-order valence-electron chi connectivity index (χ2n) is 3.52. The molecule has 17 heavy (non-hydrogen) atoms. The van der Waals surface area contributed by atoms with Crippen LogP contribution in [0.3, 0.4) is 0 Å². The largest absolute Gasteiger partial charge is 0.497 e. The average molecular weight is 236 g/mol. The van der Waals surface area contributed by atoms with Gasteiger partial charge in [0.1, 0.15) is 17.8 Å². The monoisotopic (exact) mass is 236 g/mol. The summed E-state index contributed by atoms with van der Waals surface area (Å²) in [6.45, 7) is 0.585. The molecule has 2 aromatic rings. The van der Waals surface area contributed by atoms with Crippen LogP contribution in [0.1, 0.15) is 5.69 Å². The molecule has 5 heteroatoms. The molecule has 0 atom stereocenters. The fourth-order valence-electron chi connectivity index (χ4n) is 1.49. The number of hydrogen-bond donors (Lipinski definition) is 1. The smallest absolute Gasteiger partial charge is 0.229 e. The van der Waals surface area contributed by atoms with Gasteiger partial charge in [-0.3, -0.25) is 0 Å². The zero-order valence-electron chi connectivity index (χ0n) is 9.66. The summed E-state index contributed by atoms with van der Waals surface area (Å²) in [6, 6.07) is 4.56. The number of hydrogen-bond acceptors (Lipinski definition) is 4. The van der Waals surface area contributed by atoms with Crippen LogP contribution in [0.25, 0.3) is 11.5 Å². The molecule has 1 N–H and O–H groups in total. The van der Waals surface area contributed by atoms with Crippen molar-refractivity contribution in [2.24, 2.45) is 0 Å². The summed E-state index contributed by atoms with van der Waals surface area (Å²) in [5, 5.41) is 2.95. The third kappa shape index (κ3) is 2.45. The van der Waals surface area contributed by atoms with Gasteiger partial charge in [0.15, 0.2) is 0 Å². The zero-order chi connectivity index (χ0) is 12.3. The minimum absolute atomic E-state index is 0.274. The highest BCUT2D eigenvalue weighted by Gasteiger charge is 2.12. The van der Waals surface area contributed by atoms with Crippen LogP contribution in [-0.2, 0) is 6.54 Å². The molecule has 1 aromatic heterocycles. The van der Waals surface area contributed by atoms with Crippen molar-refractivity contribution in [3.63, 3.8) is 0 Å².